The highest BCUT2D eigenvalue weighted by Gasteiger charge is 2.26. The van der Waals surface area contributed by atoms with Crippen LogP contribution in [-0.4, -0.2) is 82.9 Å². The lowest BCUT2D eigenvalue weighted by atomic mass is 9.96. The standard InChI is InChI=1S/C30H38N6O6/c1-5-35-22-7-6-18(2)25(26(22)28(39)36(30(35)40)19-8-10-31-11-9-19)27-20-16-23(41-3)24(42-4)17-21(20)32-29(33-27)34(12-14-37)13-15-38/h6-7,16-17,19,31,37-38H,5,8-15H2,1-4H3. The number of aliphatic hydroxyl groups excluding tert-OH is 2. The molecule has 0 unspecified atom stereocenters. The smallest absolute Gasteiger partial charge is 0.331 e. The van der Waals surface area contributed by atoms with E-state index in [0.29, 0.717) is 63.9 Å². The van der Waals surface area contributed by atoms with Gasteiger partial charge in [0.05, 0.1) is 49.5 Å². The van der Waals surface area contributed by atoms with Crippen LogP contribution in [0.2, 0.25) is 0 Å². The molecule has 1 aliphatic rings. The normalized spacial score (nSPS) is 14.0. The summed E-state index contributed by atoms with van der Waals surface area (Å²) in [6.07, 6.45) is 1.36. The van der Waals surface area contributed by atoms with Gasteiger partial charge in [-0.25, -0.2) is 14.8 Å². The molecule has 2 aromatic carbocycles. The minimum Gasteiger partial charge on any atom is -0.493 e. The number of aliphatic hydroxyl groups is 2. The van der Waals surface area contributed by atoms with Gasteiger partial charge in [-0.15, -0.1) is 0 Å². The molecule has 1 fully saturated rings. The number of methoxy groups -OCH3 is 2. The molecule has 1 saturated heterocycles. The van der Waals surface area contributed by atoms with Crippen LogP contribution in [0.15, 0.2) is 33.9 Å². The first-order chi connectivity index (χ1) is 20.4. The minimum atomic E-state index is -0.346. The largest absolute Gasteiger partial charge is 0.493 e. The van der Waals surface area contributed by atoms with Gasteiger partial charge in [0.1, 0.15) is 0 Å². The predicted molar refractivity (Wildman–Crippen MR) is 162 cm³/mol. The second kappa shape index (κ2) is 12.5. The van der Waals surface area contributed by atoms with Crippen molar-refractivity contribution in [2.45, 2.75) is 39.3 Å². The Morgan fingerprint density at radius 2 is 1.69 bits per heavy atom. The van der Waals surface area contributed by atoms with E-state index in [-0.39, 0.29) is 49.5 Å². The van der Waals surface area contributed by atoms with Crippen molar-refractivity contribution in [1.82, 2.24) is 24.4 Å². The Labute approximate surface area is 243 Å². The third-order valence-corrected chi connectivity index (χ3v) is 7.99. The van der Waals surface area contributed by atoms with Crippen molar-refractivity contribution in [2.24, 2.45) is 0 Å². The number of anilines is 1. The van der Waals surface area contributed by atoms with Gasteiger partial charge in [0.15, 0.2) is 11.5 Å². The maximum absolute atomic E-state index is 14.4. The number of piperidine rings is 1. The van der Waals surface area contributed by atoms with Crippen LogP contribution in [0.4, 0.5) is 5.95 Å². The van der Waals surface area contributed by atoms with E-state index < -0.39 is 0 Å². The summed E-state index contributed by atoms with van der Waals surface area (Å²) in [6, 6.07) is 7.04. The Hall–Kier alpha value is -4.00. The van der Waals surface area contributed by atoms with Crippen LogP contribution in [0.3, 0.4) is 0 Å². The molecule has 12 nitrogen and oxygen atoms in total. The number of benzene rings is 2. The fourth-order valence-electron chi connectivity index (χ4n) is 5.90. The third-order valence-electron chi connectivity index (χ3n) is 7.99. The predicted octanol–water partition coefficient (Wildman–Crippen LogP) is 1.83. The lowest BCUT2D eigenvalue weighted by Crippen LogP contribution is -2.45. The molecule has 3 N–H and O–H groups in total. The molecule has 12 heteroatoms. The Morgan fingerprint density at radius 1 is 1.02 bits per heavy atom. The van der Waals surface area contributed by atoms with E-state index in [9.17, 15) is 19.8 Å². The molecule has 42 heavy (non-hydrogen) atoms. The second-order valence-electron chi connectivity index (χ2n) is 10.4. The van der Waals surface area contributed by atoms with Gasteiger partial charge in [-0.1, -0.05) is 6.07 Å². The van der Waals surface area contributed by atoms with E-state index >= 15 is 0 Å². The number of ether oxygens (including phenoxy) is 2. The summed E-state index contributed by atoms with van der Waals surface area (Å²) in [4.78, 5) is 39.5. The van der Waals surface area contributed by atoms with Crippen LogP contribution >= 0.6 is 0 Å². The van der Waals surface area contributed by atoms with Gasteiger partial charge in [-0.2, -0.15) is 0 Å². The lowest BCUT2D eigenvalue weighted by Gasteiger charge is -2.26. The quantitative estimate of drug-likeness (QED) is 0.255. The van der Waals surface area contributed by atoms with Gasteiger partial charge >= 0.3 is 5.69 Å². The van der Waals surface area contributed by atoms with Gasteiger partial charge in [0, 0.05) is 42.7 Å². The number of hydrogen-bond acceptors (Lipinski definition) is 10. The monoisotopic (exact) mass is 578 g/mol. The van der Waals surface area contributed by atoms with Crippen molar-refractivity contribution in [2.75, 3.05) is 58.5 Å². The highest BCUT2D eigenvalue weighted by Crippen LogP contribution is 2.39. The average Bonchev–Trinajstić information content (AvgIpc) is 3.00. The fraction of sp³-hybridized carbons (Fsp3) is 0.467. The van der Waals surface area contributed by atoms with Gasteiger partial charge in [-0.3, -0.25) is 13.9 Å². The molecule has 1 aliphatic heterocycles. The Balaban J connectivity index is 1.93. The second-order valence-corrected chi connectivity index (χ2v) is 10.4. The maximum atomic E-state index is 14.4. The number of rotatable bonds is 10. The third kappa shape index (κ3) is 5.10. The molecule has 0 spiro atoms. The van der Waals surface area contributed by atoms with Gasteiger partial charge in [0.25, 0.3) is 5.56 Å². The first-order valence-corrected chi connectivity index (χ1v) is 14.3. The van der Waals surface area contributed by atoms with Gasteiger partial charge in [0.2, 0.25) is 5.95 Å². The maximum Gasteiger partial charge on any atom is 0.331 e. The first kappa shape index (κ1) is 29.5. The molecule has 0 atom stereocenters. The summed E-state index contributed by atoms with van der Waals surface area (Å²) < 4.78 is 14.2. The summed E-state index contributed by atoms with van der Waals surface area (Å²) >= 11 is 0. The molecule has 0 saturated carbocycles. The van der Waals surface area contributed by atoms with Crippen LogP contribution in [0.1, 0.15) is 31.4 Å². The van der Waals surface area contributed by atoms with E-state index in [1.165, 1.54) is 4.57 Å². The molecule has 0 radical (unpaired) electrons. The molecule has 4 aromatic rings. The number of aryl methyl sites for hydroxylation is 2. The molecule has 0 amide bonds. The van der Waals surface area contributed by atoms with Gasteiger partial charge in [-0.05, 0) is 57.5 Å². The zero-order valence-electron chi connectivity index (χ0n) is 24.5. The first-order valence-electron chi connectivity index (χ1n) is 14.3. The molecule has 3 heterocycles. The molecular formula is C30H38N6O6. The van der Waals surface area contributed by atoms with Crippen molar-refractivity contribution in [1.29, 1.82) is 0 Å². The molecule has 5 rings (SSSR count). The number of fused-ring (bicyclic) bond motifs is 2. The van der Waals surface area contributed by atoms with Crippen LogP contribution < -0.4 is 30.9 Å². The zero-order valence-corrected chi connectivity index (χ0v) is 24.5. The zero-order chi connectivity index (χ0) is 30.0. The average molecular weight is 579 g/mol. The summed E-state index contributed by atoms with van der Waals surface area (Å²) in [7, 11) is 3.09. The molecule has 0 aliphatic carbocycles. The molecule has 2 aromatic heterocycles. The molecule has 0 bridgehead atoms. The Bertz CT molecular complexity index is 1720. The Kier molecular flexibility index (Phi) is 8.76. The van der Waals surface area contributed by atoms with Crippen molar-refractivity contribution in [3.05, 3.63) is 50.7 Å². The van der Waals surface area contributed by atoms with Crippen molar-refractivity contribution < 1.29 is 19.7 Å². The van der Waals surface area contributed by atoms with Crippen LogP contribution in [0.5, 0.6) is 11.5 Å². The van der Waals surface area contributed by atoms with Crippen LogP contribution in [0.25, 0.3) is 33.1 Å². The highest BCUT2D eigenvalue weighted by molar-refractivity contribution is 6.04. The van der Waals surface area contributed by atoms with Crippen LogP contribution in [0, 0.1) is 6.92 Å². The van der Waals surface area contributed by atoms with Crippen molar-refractivity contribution in [3.63, 3.8) is 0 Å². The van der Waals surface area contributed by atoms with E-state index in [0.717, 1.165) is 18.7 Å². The molecular weight excluding hydrogens is 540 g/mol. The number of nitrogens with one attached hydrogen (secondary N) is 1. The minimum absolute atomic E-state index is 0.167. The van der Waals surface area contributed by atoms with Crippen molar-refractivity contribution in [3.8, 4) is 22.8 Å². The molecule has 224 valence electrons. The summed E-state index contributed by atoms with van der Waals surface area (Å²) in [5, 5.41) is 23.8. The number of hydrogen-bond donors (Lipinski definition) is 3. The SMILES string of the molecule is CCn1c(=O)n(C2CCNCC2)c(=O)c2c(-c3nc(N(CCO)CCO)nc4cc(OC)c(OC)cc34)c(C)ccc21. The van der Waals surface area contributed by atoms with E-state index in [1.54, 1.807) is 35.8 Å². The number of aromatic nitrogens is 4. The van der Waals surface area contributed by atoms with Gasteiger partial charge < -0.3 is 29.9 Å². The van der Waals surface area contributed by atoms with E-state index in [4.69, 9.17) is 19.4 Å². The topological polar surface area (TPSA) is 144 Å². The number of nitrogens with zero attached hydrogens (tertiary/aromatic N) is 5. The highest BCUT2D eigenvalue weighted by atomic mass is 16.5. The Morgan fingerprint density at radius 3 is 2.31 bits per heavy atom. The van der Waals surface area contributed by atoms with Crippen molar-refractivity contribution >= 4 is 27.8 Å². The van der Waals surface area contributed by atoms with Crippen LogP contribution in [-0.2, 0) is 6.54 Å². The lowest BCUT2D eigenvalue weighted by molar-refractivity contribution is 0.280. The fourth-order valence-corrected chi connectivity index (χ4v) is 5.90. The van der Waals surface area contributed by atoms with E-state index in [1.807, 2.05) is 26.0 Å². The summed E-state index contributed by atoms with van der Waals surface area (Å²) in [5.74, 6) is 1.23. The summed E-state index contributed by atoms with van der Waals surface area (Å²) in [5.41, 5.74) is 2.29. The summed E-state index contributed by atoms with van der Waals surface area (Å²) in [6.45, 7) is 5.73. The van der Waals surface area contributed by atoms with E-state index in [2.05, 4.69) is 5.32 Å².